The molecule has 1 aromatic carbocycles. The lowest BCUT2D eigenvalue weighted by atomic mass is 10.00. The van der Waals surface area contributed by atoms with E-state index in [9.17, 15) is 9.90 Å². The highest BCUT2D eigenvalue weighted by atomic mass is 16.6. The molecule has 0 heterocycles. The summed E-state index contributed by atoms with van der Waals surface area (Å²) in [7, 11) is 0. The van der Waals surface area contributed by atoms with Crippen LogP contribution in [0, 0.1) is 5.92 Å². The number of hydrogen-bond donors (Lipinski definition) is 2. The largest absolute Gasteiger partial charge is 0.457 e. The van der Waals surface area contributed by atoms with Crippen LogP contribution in [-0.2, 0) is 16.1 Å². The predicted octanol–water partition coefficient (Wildman–Crippen LogP) is 3.48. The summed E-state index contributed by atoms with van der Waals surface area (Å²) in [5, 5.41) is 19.1. The first-order valence-electron chi connectivity index (χ1n) is 8.17. The van der Waals surface area contributed by atoms with Gasteiger partial charge in [0.1, 0.15) is 5.60 Å². The van der Waals surface area contributed by atoms with Crippen LogP contribution >= 0.6 is 0 Å². The van der Waals surface area contributed by atoms with Crippen molar-refractivity contribution in [1.82, 2.24) is 0 Å². The van der Waals surface area contributed by atoms with Crippen LogP contribution in [0.25, 0.3) is 6.08 Å². The van der Waals surface area contributed by atoms with Gasteiger partial charge < -0.3 is 14.9 Å². The average molecular weight is 332 g/mol. The van der Waals surface area contributed by atoms with Crippen molar-refractivity contribution in [2.75, 3.05) is 0 Å². The Kier molecular flexibility index (Phi) is 7.89. The Hall–Kier alpha value is -1.91. The van der Waals surface area contributed by atoms with Crippen LogP contribution in [0.15, 0.2) is 42.5 Å². The van der Waals surface area contributed by atoms with E-state index in [2.05, 4.69) is 0 Å². The molecule has 0 aliphatic rings. The maximum atomic E-state index is 11.6. The number of carbonyl (C=O) groups is 1. The molecule has 0 saturated carbocycles. The minimum Gasteiger partial charge on any atom is -0.457 e. The van der Waals surface area contributed by atoms with E-state index in [1.54, 1.807) is 6.08 Å². The highest BCUT2D eigenvalue weighted by Crippen LogP contribution is 2.13. The topological polar surface area (TPSA) is 66.8 Å². The van der Waals surface area contributed by atoms with Gasteiger partial charge >= 0.3 is 5.97 Å². The van der Waals surface area contributed by atoms with Crippen molar-refractivity contribution in [2.24, 2.45) is 5.92 Å². The number of rotatable bonds is 7. The smallest absolute Gasteiger partial charge is 0.330 e. The number of aliphatic hydroxyl groups is 2. The van der Waals surface area contributed by atoms with Gasteiger partial charge in [0.25, 0.3) is 0 Å². The van der Waals surface area contributed by atoms with Crippen molar-refractivity contribution in [3.63, 3.8) is 0 Å². The summed E-state index contributed by atoms with van der Waals surface area (Å²) in [4.78, 5) is 11.6. The van der Waals surface area contributed by atoms with Gasteiger partial charge in [-0.2, -0.15) is 0 Å². The second-order valence-electron chi connectivity index (χ2n) is 6.86. The fraction of sp³-hybridized carbons (Fsp3) is 0.450. The third-order valence-electron chi connectivity index (χ3n) is 3.40. The third-order valence-corrected chi connectivity index (χ3v) is 3.40. The summed E-state index contributed by atoms with van der Waals surface area (Å²) in [6.45, 7) is 7.39. The maximum absolute atomic E-state index is 11.6. The van der Waals surface area contributed by atoms with Gasteiger partial charge in [-0.05, 0) is 38.3 Å². The van der Waals surface area contributed by atoms with Crippen LogP contribution in [0.1, 0.15) is 45.2 Å². The highest BCUT2D eigenvalue weighted by molar-refractivity contribution is 5.82. The van der Waals surface area contributed by atoms with E-state index in [1.807, 2.05) is 64.1 Å². The van der Waals surface area contributed by atoms with E-state index in [4.69, 9.17) is 9.84 Å². The minimum atomic E-state index is -0.573. The van der Waals surface area contributed by atoms with Crippen LogP contribution in [0.2, 0.25) is 0 Å². The van der Waals surface area contributed by atoms with E-state index in [1.165, 1.54) is 6.08 Å². The molecular weight excluding hydrogens is 304 g/mol. The van der Waals surface area contributed by atoms with Crippen molar-refractivity contribution in [2.45, 2.75) is 52.4 Å². The molecule has 1 rings (SSSR count). The fourth-order valence-corrected chi connectivity index (χ4v) is 1.98. The molecule has 24 heavy (non-hydrogen) atoms. The summed E-state index contributed by atoms with van der Waals surface area (Å²) < 4.78 is 5.17. The van der Waals surface area contributed by atoms with Crippen LogP contribution in [-0.4, -0.2) is 27.9 Å². The second kappa shape index (κ2) is 9.40. The first-order chi connectivity index (χ1) is 11.2. The Morgan fingerprint density at radius 2 is 1.88 bits per heavy atom. The first-order valence-corrected chi connectivity index (χ1v) is 8.17. The van der Waals surface area contributed by atoms with Crippen molar-refractivity contribution in [1.29, 1.82) is 0 Å². The second-order valence-corrected chi connectivity index (χ2v) is 6.86. The number of aliphatic hydroxyl groups excluding tert-OH is 2. The van der Waals surface area contributed by atoms with Crippen molar-refractivity contribution in [3.05, 3.63) is 53.6 Å². The van der Waals surface area contributed by atoms with Crippen LogP contribution in [0.5, 0.6) is 0 Å². The quantitative estimate of drug-likeness (QED) is 0.592. The Bertz CT molecular complexity index is 564. The summed E-state index contributed by atoms with van der Waals surface area (Å²) in [5.41, 5.74) is 1.37. The van der Waals surface area contributed by atoms with Gasteiger partial charge in [-0.1, -0.05) is 49.4 Å². The van der Waals surface area contributed by atoms with Crippen molar-refractivity contribution >= 4 is 12.0 Å². The molecule has 0 bridgehead atoms. The standard InChI is InChI=1S/C20H28O4/c1-15(8-9-16-10-12-17(14-21)13-11-16)18(22)6-5-7-19(23)24-20(2,3)4/h5,7-13,15,18,21-22H,6,14H2,1-4H3/b7-5+,9-8+. The van der Waals surface area contributed by atoms with Gasteiger partial charge in [0, 0.05) is 12.0 Å². The van der Waals surface area contributed by atoms with Crippen LogP contribution < -0.4 is 0 Å². The SMILES string of the molecule is CC(/C=C/c1ccc(CO)cc1)C(O)C/C=C/C(=O)OC(C)(C)C. The molecule has 0 saturated heterocycles. The zero-order valence-corrected chi connectivity index (χ0v) is 14.9. The Morgan fingerprint density at radius 3 is 2.42 bits per heavy atom. The molecule has 4 nitrogen and oxygen atoms in total. The van der Waals surface area contributed by atoms with E-state index < -0.39 is 17.7 Å². The number of ether oxygens (including phenoxy) is 1. The number of hydrogen-bond acceptors (Lipinski definition) is 4. The van der Waals surface area contributed by atoms with Gasteiger partial charge in [0.2, 0.25) is 0 Å². The molecule has 0 radical (unpaired) electrons. The van der Waals surface area contributed by atoms with Gasteiger partial charge in [0.05, 0.1) is 12.7 Å². The first kappa shape index (κ1) is 20.1. The molecule has 0 fully saturated rings. The molecule has 0 spiro atoms. The molecule has 0 aliphatic heterocycles. The Labute approximate surface area is 144 Å². The number of carbonyl (C=O) groups excluding carboxylic acids is 1. The van der Waals surface area contributed by atoms with Gasteiger partial charge in [-0.25, -0.2) is 4.79 Å². The average Bonchev–Trinajstić information content (AvgIpc) is 2.51. The highest BCUT2D eigenvalue weighted by Gasteiger charge is 2.14. The van der Waals surface area contributed by atoms with Crippen molar-refractivity contribution < 1.29 is 19.7 Å². The molecule has 2 unspecified atom stereocenters. The maximum Gasteiger partial charge on any atom is 0.330 e. The minimum absolute atomic E-state index is 0.0308. The van der Waals surface area contributed by atoms with Gasteiger partial charge in [-0.3, -0.25) is 0 Å². The lowest BCUT2D eigenvalue weighted by Crippen LogP contribution is -2.22. The van der Waals surface area contributed by atoms with E-state index >= 15 is 0 Å². The van der Waals surface area contributed by atoms with Gasteiger partial charge in [-0.15, -0.1) is 0 Å². The third kappa shape index (κ3) is 8.09. The molecule has 0 amide bonds. The van der Waals surface area contributed by atoms with E-state index in [0.29, 0.717) is 6.42 Å². The molecule has 2 atom stereocenters. The monoisotopic (exact) mass is 332 g/mol. The molecule has 2 N–H and O–H groups in total. The summed E-state index contributed by atoms with van der Waals surface area (Å²) >= 11 is 0. The lowest BCUT2D eigenvalue weighted by Gasteiger charge is -2.18. The normalized spacial score (nSPS) is 14.9. The number of esters is 1. The molecule has 4 heteroatoms. The molecule has 0 aliphatic carbocycles. The Morgan fingerprint density at radius 1 is 1.25 bits per heavy atom. The summed E-state index contributed by atoms with van der Waals surface area (Å²) in [5.74, 6) is -0.451. The van der Waals surface area contributed by atoms with E-state index in [-0.39, 0.29) is 12.5 Å². The molecule has 1 aromatic rings. The zero-order valence-electron chi connectivity index (χ0n) is 14.9. The van der Waals surface area contributed by atoms with Crippen molar-refractivity contribution in [3.8, 4) is 0 Å². The van der Waals surface area contributed by atoms with Crippen LogP contribution in [0.3, 0.4) is 0 Å². The van der Waals surface area contributed by atoms with Crippen LogP contribution in [0.4, 0.5) is 0 Å². The summed E-state index contributed by atoms with van der Waals surface area (Å²) in [6, 6.07) is 7.57. The fourth-order valence-electron chi connectivity index (χ4n) is 1.98. The molecular formula is C20H28O4. The molecule has 0 aromatic heterocycles. The number of benzene rings is 1. The predicted molar refractivity (Wildman–Crippen MR) is 96.2 cm³/mol. The van der Waals surface area contributed by atoms with Gasteiger partial charge in [0.15, 0.2) is 0 Å². The summed E-state index contributed by atoms with van der Waals surface area (Å²) in [6.07, 6.45) is 6.68. The zero-order chi connectivity index (χ0) is 18.2. The molecule has 132 valence electrons. The van der Waals surface area contributed by atoms with E-state index in [0.717, 1.165) is 11.1 Å². The Balaban J connectivity index is 2.47. The lowest BCUT2D eigenvalue weighted by molar-refractivity contribution is -0.148.